The van der Waals surface area contributed by atoms with Gasteiger partial charge in [0.1, 0.15) is 5.01 Å². The number of carbonyl (C=O) groups is 1. The molecule has 2 heterocycles. The number of hydrogen-bond donors (Lipinski definition) is 0. The predicted molar refractivity (Wildman–Crippen MR) is 103 cm³/mol. The Balaban J connectivity index is 1.51. The average molecular weight is 382 g/mol. The van der Waals surface area contributed by atoms with Crippen molar-refractivity contribution in [1.82, 2.24) is 9.97 Å². The minimum absolute atomic E-state index is 0.134. The molecule has 0 amide bonds. The largest absolute Gasteiger partial charge is 0.297 e. The minimum Gasteiger partial charge on any atom is -0.297 e. The van der Waals surface area contributed by atoms with E-state index >= 15 is 0 Å². The molecule has 0 saturated carbocycles. The molecule has 1 unspecified atom stereocenters. The molecule has 7 heteroatoms. The summed E-state index contributed by atoms with van der Waals surface area (Å²) < 4.78 is 2.93. The van der Waals surface area contributed by atoms with E-state index in [1.165, 1.54) is 23.1 Å². The maximum absolute atomic E-state index is 12.5. The van der Waals surface area contributed by atoms with Crippen molar-refractivity contribution < 1.29 is 4.79 Å². The van der Waals surface area contributed by atoms with E-state index in [0.717, 1.165) is 24.8 Å². The van der Waals surface area contributed by atoms with Gasteiger partial charge in [0.2, 0.25) is 0 Å². The molecule has 0 aliphatic carbocycles. The maximum Gasteiger partial charge on any atom is 0.167 e. The zero-order valence-electron chi connectivity index (χ0n) is 12.9. The van der Waals surface area contributed by atoms with Crippen molar-refractivity contribution in [3.63, 3.8) is 0 Å². The number of nitriles is 1. The van der Waals surface area contributed by atoms with Gasteiger partial charge in [0, 0.05) is 0 Å². The molecule has 4 nitrogen and oxygen atoms in total. The molecule has 122 valence electrons. The molecule has 0 bridgehead atoms. The number of aromatic nitrogens is 2. The SMILES string of the molecule is N#CC(C(=O)CSc1nc2ccccc2s1)c1nc2ccccc2s1. The number of ketones is 1. The van der Waals surface area contributed by atoms with Crippen molar-refractivity contribution >= 4 is 60.7 Å². The van der Waals surface area contributed by atoms with Crippen molar-refractivity contribution in [1.29, 1.82) is 5.26 Å². The first-order chi connectivity index (χ1) is 12.2. The van der Waals surface area contributed by atoms with Gasteiger partial charge in [0.05, 0.1) is 32.3 Å². The Labute approximate surface area is 156 Å². The lowest BCUT2D eigenvalue weighted by atomic mass is 10.1. The Morgan fingerprint density at radius 1 is 1.04 bits per heavy atom. The fraction of sp³-hybridized carbons (Fsp3) is 0.111. The molecule has 1 atom stereocenters. The molecule has 25 heavy (non-hydrogen) atoms. The third-order valence-corrected chi connectivity index (χ3v) is 6.92. The van der Waals surface area contributed by atoms with Crippen LogP contribution in [0.1, 0.15) is 10.9 Å². The Bertz CT molecular complexity index is 1040. The van der Waals surface area contributed by atoms with Crippen LogP contribution in [0.15, 0.2) is 52.9 Å². The summed E-state index contributed by atoms with van der Waals surface area (Å²) in [5.74, 6) is -0.737. The molecule has 0 radical (unpaired) electrons. The van der Waals surface area contributed by atoms with E-state index in [2.05, 4.69) is 16.0 Å². The van der Waals surface area contributed by atoms with Crippen LogP contribution in [0.2, 0.25) is 0 Å². The summed E-state index contributed by atoms with van der Waals surface area (Å²) in [6, 6.07) is 17.7. The molecule has 0 saturated heterocycles. The van der Waals surface area contributed by atoms with Gasteiger partial charge in [-0.15, -0.1) is 22.7 Å². The highest BCUT2D eigenvalue weighted by Crippen LogP contribution is 2.32. The van der Waals surface area contributed by atoms with Gasteiger partial charge < -0.3 is 0 Å². The molecule has 2 aromatic heterocycles. The van der Waals surface area contributed by atoms with E-state index in [4.69, 9.17) is 0 Å². The van der Waals surface area contributed by atoms with Gasteiger partial charge >= 0.3 is 0 Å². The number of fused-ring (bicyclic) bond motifs is 2. The van der Waals surface area contributed by atoms with Gasteiger partial charge in [-0.3, -0.25) is 4.79 Å². The van der Waals surface area contributed by atoms with E-state index < -0.39 is 5.92 Å². The normalized spacial score (nSPS) is 12.3. The van der Waals surface area contributed by atoms with Crippen LogP contribution in [0.25, 0.3) is 20.4 Å². The number of carbonyl (C=O) groups excluding carboxylic acids is 1. The quantitative estimate of drug-likeness (QED) is 0.461. The van der Waals surface area contributed by atoms with Crippen molar-refractivity contribution in [3.8, 4) is 6.07 Å². The van der Waals surface area contributed by atoms with Gasteiger partial charge in [0.15, 0.2) is 16.0 Å². The number of thiazole rings is 2. The molecule has 4 rings (SSSR count). The Hall–Kier alpha value is -2.27. The summed E-state index contributed by atoms with van der Waals surface area (Å²) in [6.07, 6.45) is 0. The Morgan fingerprint density at radius 3 is 2.32 bits per heavy atom. The van der Waals surface area contributed by atoms with Crippen molar-refractivity contribution in [2.24, 2.45) is 0 Å². The minimum atomic E-state index is -0.820. The van der Waals surface area contributed by atoms with E-state index in [1.54, 1.807) is 11.3 Å². The zero-order valence-corrected chi connectivity index (χ0v) is 15.3. The highest BCUT2D eigenvalue weighted by Gasteiger charge is 2.24. The van der Waals surface area contributed by atoms with Crippen LogP contribution in [-0.4, -0.2) is 21.5 Å². The first-order valence-electron chi connectivity index (χ1n) is 7.51. The maximum atomic E-state index is 12.5. The topological polar surface area (TPSA) is 66.6 Å². The van der Waals surface area contributed by atoms with Gasteiger partial charge in [-0.2, -0.15) is 5.26 Å². The summed E-state index contributed by atoms with van der Waals surface area (Å²) in [5, 5.41) is 10.0. The number of benzene rings is 2. The van der Waals surface area contributed by atoms with Crippen molar-refractivity contribution in [2.75, 3.05) is 5.75 Å². The van der Waals surface area contributed by atoms with Crippen LogP contribution in [0.3, 0.4) is 0 Å². The molecule has 0 aliphatic rings. The van der Waals surface area contributed by atoms with Crippen molar-refractivity contribution in [2.45, 2.75) is 10.3 Å². The lowest BCUT2D eigenvalue weighted by molar-refractivity contribution is -0.116. The summed E-state index contributed by atoms with van der Waals surface area (Å²) in [5.41, 5.74) is 1.76. The van der Waals surface area contributed by atoms with E-state index in [1.807, 2.05) is 48.5 Å². The van der Waals surface area contributed by atoms with E-state index in [-0.39, 0.29) is 11.5 Å². The third kappa shape index (κ3) is 3.29. The van der Waals surface area contributed by atoms with Gasteiger partial charge in [-0.1, -0.05) is 36.0 Å². The number of para-hydroxylation sites is 2. The first-order valence-corrected chi connectivity index (χ1v) is 10.1. The molecule has 2 aromatic carbocycles. The van der Waals surface area contributed by atoms with Crippen LogP contribution in [0.5, 0.6) is 0 Å². The lowest BCUT2D eigenvalue weighted by Gasteiger charge is -2.03. The average Bonchev–Trinajstić information content (AvgIpc) is 3.23. The van der Waals surface area contributed by atoms with Crippen LogP contribution < -0.4 is 0 Å². The molecule has 0 fully saturated rings. The fourth-order valence-corrected chi connectivity index (χ4v) is 5.42. The second-order valence-corrected chi connectivity index (χ2v) is 8.60. The standard InChI is InChI=1S/C18H11N3OS3/c19-9-11(17-20-12-5-1-3-7-15(12)24-17)14(22)10-23-18-21-13-6-2-4-8-16(13)25-18/h1-8,11H,10H2. The van der Waals surface area contributed by atoms with Crippen LogP contribution in [-0.2, 0) is 4.79 Å². The summed E-state index contributed by atoms with van der Waals surface area (Å²) in [4.78, 5) is 21.5. The second kappa shape index (κ2) is 6.92. The third-order valence-electron chi connectivity index (χ3n) is 3.62. The molecular weight excluding hydrogens is 370 g/mol. The Morgan fingerprint density at radius 2 is 1.68 bits per heavy atom. The number of thioether (sulfide) groups is 1. The van der Waals surface area contributed by atoms with E-state index in [0.29, 0.717) is 5.01 Å². The lowest BCUT2D eigenvalue weighted by Crippen LogP contribution is -2.12. The predicted octanol–water partition coefficient (Wildman–Crippen LogP) is 4.87. The zero-order chi connectivity index (χ0) is 17.2. The van der Waals surface area contributed by atoms with Gasteiger partial charge in [-0.25, -0.2) is 9.97 Å². The van der Waals surface area contributed by atoms with E-state index in [9.17, 15) is 10.1 Å². The number of nitrogens with zero attached hydrogens (tertiary/aromatic N) is 3. The molecule has 0 N–H and O–H groups in total. The number of hydrogen-bond acceptors (Lipinski definition) is 7. The monoisotopic (exact) mass is 381 g/mol. The number of rotatable bonds is 5. The smallest absolute Gasteiger partial charge is 0.167 e. The van der Waals surface area contributed by atoms with Crippen LogP contribution in [0, 0.1) is 11.3 Å². The second-order valence-electron chi connectivity index (χ2n) is 5.28. The Kier molecular flexibility index (Phi) is 4.49. The van der Waals surface area contributed by atoms with Gasteiger partial charge in [0.25, 0.3) is 0 Å². The summed E-state index contributed by atoms with van der Waals surface area (Å²) in [7, 11) is 0. The van der Waals surface area contributed by atoms with Crippen molar-refractivity contribution in [3.05, 3.63) is 53.5 Å². The van der Waals surface area contributed by atoms with Crippen LogP contribution >= 0.6 is 34.4 Å². The van der Waals surface area contributed by atoms with Gasteiger partial charge in [-0.05, 0) is 24.3 Å². The highest BCUT2D eigenvalue weighted by atomic mass is 32.2. The summed E-state index contributed by atoms with van der Waals surface area (Å²) >= 11 is 4.35. The first kappa shape index (κ1) is 16.2. The molecule has 4 aromatic rings. The highest BCUT2D eigenvalue weighted by molar-refractivity contribution is 8.01. The molecular formula is C18H11N3OS3. The van der Waals surface area contributed by atoms with Crippen LogP contribution in [0.4, 0.5) is 0 Å². The number of Topliss-reactive ketones (excluding diaryl/α,β-unsaturated/α-hetero) is 1. The molecule has 0 aliphatic heterocycles. The molecule has 0 spiro atoms. The fourth-order valence-electron chi connectivity index (χ4n) is 2.41. The summed E-state index contributed by atoms with van der Waals surface area (Å²) in [6.45, 7) is 0.